The lowest BCUT2D eigenvalue weighted by Crippen LogP contribution is -2.41. The molecule has 0 bridgehead atoms. The van der Waals surface area contributed by atoms with Gasteiger partial charge in [-0.3, -0.25) is 9.59 Å². The van der Waals surface area contributed by atoms with Gasteiger partial charge in [-0.1, -0.05) is 0 Å². The second-order valence-corrected chi connectivity index (χ2v) is 5.51. The molecular formula is C13H17NO6S. The van der Waals surface area contributed by atoms with Gasteiger partial charge in [0.05, 0.1) is 7.11 Å². The number of Topliss-reactive ketones (excluding diaryl/α,β-unsaturated/α-hetero) is 1. The molecule has 0 radical (unpaired) electrons. The van der Waals surface area contributed by atoms with Crippen LogP contribution in [0, 0.1) is 0 Å². The van der Waals surface area contributed by atoms with Crippen LogP contribution in [0.4, 0.5) is 0 Å². The molecular weight excluding hydrogens is 298 g/mol. The maximum atomic E-state index is 11.7. The van der Waals surface area contributed by atoms with Crippen LogP contribution in [-0.2, 0) is 23.9 Å². The van der Waals surface area contributed by atoms with Crippen molar-refractivity contribution >= 4 is 35.4 Å². The molecule has 1 aliphatic rings. The number of carbonyl (C=O) groups is 4. The molecule has 21 heavy (non-hydrogen) atoms. The molecule has 1 rings (SSSR count). The fraction of sp³-hybridized carbons (Fsp3) is 0.538. The summed E-state index contributed by atoms with van der Waals surface area (Å²) in [6.45, 7) is 1.24. The van der Waals surface area contributed by atoms with E-state index in [1.807, 2.05) is 0 Å². The first-order valence-corrected chi connectivity index (χ1v) is 7.43. The summed E-state index contributed by atoms with van der Waals surface area (Å²) >= 11 is 1.18. The zero-order valence-corrected chi connectivity index (χ0v) is 12.6. The summed E-state index contributed by atoms with van der Waals surface area (Å²) in [5.74, 6) is -1.87. The van der Waals surface area contributed by atoms with E-state index in [1.165, 1.54) is 25.8 Å². The number of rotatable bonds is 7. The van der Waals surface area contributed by atoms with E-state index in [-0.39, 0.29) is 23.7 Å². The fourth-order valence-corrected chi connectivity index (χ4v) is 3.04. The third-order valence-corrected chi connectivity index (χ3v) is 4.00. The molecule has 0 aromatic rings. The number of esters is 1. The van der Waals surface area contributed by atoms with Crippen molar-refractivity contribution in [2.24, 2.45) is 0 Å². The number of amides is 1. The number of carboxylic acid groups (broad SMARTS) is 1. The monoisotopic (exact) mass is 315 g/mol. The molecule has 1 atom stereocenters. The molecule has 1 amide bonds. The number of hydrogen-bond acceptors (Lipinski definition) is 6. The number of thioether (sulfide) groups is 1. The van der Waals surface area contributed by atoms with Crippen molar-refractivity contribution in [3.05, 3.63) is 11.1 Å². The van der Waals surface area contributed by atoms with Crippen molar-refractivity contribution in [1.82, 2.24) is 5.32 Å². The Bertz CT molecular complexity index is 499. The van der Waals surface area contributed by atoms with Crippen LogP contribution in [0.1, 0.15) is 19.8 Å². The number of carboxylic acids is 1. The molecule has 0 aliphatic heterocycles. The van der Waals surface area contributed by atoms with Crippen LogP contribution in [0.15, 0.2) is 11.1 Å². The number of nitrogens with one attached hydrogen (secondary N) is 1. The highest BCUT2D eigenvalue weighted by Gasteiger charge is 2.28. The molecule has 8 heteroatoms. The summed E-state index contributed by atoms with van der Waals surface area (Å²) in [5, 5.41) is 11.3. The van der Waals surface area contributed by atoms with Crippen molar-refractivity contribution < 1.29 is 29.0 Å². The van der Waals surface area contributed by atoms with Gasteiger partial charge in [0.25, 0.3) is 0 Å². The van der Waals surface area contributed by atoms with E-state index in [0.29, 0.717) is 17.6 Å². The van der Waals surface area contributed by atoms with Crippen molar-refractivity contribution in [1.29, 1.82) is 0 Å². The van der Waals surface area contributed by atoms with E-state index in [4.69, 9.17) is 5.11 Å². The Morgan fingerprint density at radius 2 is 2.05 bits per heavy atom. The Morgan fingerprint density at radius 1 is 1.38 bits per heavy atom. The summed E-state index contributed by atoms with van der Waals surface area (Å²) in [6, 6.07) is -1.02. The summed E-state index contributed by atoms with van der Waals surface area (Å²) < 4.78 is 4.62. The van der Waals surface area contributed by atoms with Gasteiger partial charge >= 0.3 is 11.9 Å². The number of ether oxygens (including phenoxy) is 1. The smallest absolute Gasteiger partial charge is 0.334 e. The third kappa shape index (κ3) is 4.89. The Morgan fingerprint density at radius 3 is 2.57 bits per heavy atom. The Balaban J connectivity index is 2.64. The van der Waals surface area contributed by atoms with Crippen LogP contribution >= 0.6 is 11.8 Å². The Kier molecular flexibility index (Phi) is 6.41. The molecule has 0 saturated carbocycles. The summed E-state index contributed by atoms with van der Waals surface area (Å²) in [7, 11) is 1.25. The minimum atomic E-state index is -1.14. The van der Waals surface area contributed by atoms with Gasteiger partial charge in [-0.25, -0.2) is 9.59 Å². The minimum Gasteiger partial charge on any atom is -0.480 e. The van der Waals surface area contributed by atoms with Crippen LogP contribution < -0.4 is 5.32 Å². The van der Waals surface area contributed by atoms with Crippen molar-refractivity contribution in [2.45, 2.75) is 25.8 Å². The highest BCUT2D eigenvalue weighted by atomic mass is 32.2. The minimum absolute atomic E-state index is 0.111. The number of aliphatic carboxylic acids is 1. The van der Waals surface area contributed by atoms with Crippen molar-refractivity contribution in [2.75, 3.05) is 18.6 Å². The molecule has 0 saturated heterocycles. The fourth-order valence-electron chi connectivity index (χ4n) is 1.92. The van der Waals surface area contributed by atoms with E-state index < -0.39 is 23.9 Å². The summed E-state index contributed by atoms with van der Waals surface area (Å²) in [5.41, 5.74) is 0.750. The molecule has 0 spiro atoms. The standard InChI is InChI=1S/C13H17NO6S/c1-7(15)14-10(12(17)18)6-21-5-9-8(13(19)20-2)3-4-11(9)16/h10H,3-6H2,1-2H3,(H,14,15)(H,17,18)/t10-/m0/s1. The molecule has 7 nitrogen and oxygen atoms in total. The highest BCUT2D eigenvalue weighted by molar-refractivity contribution is 7.99. The maximum absolute atomic E-state index is 11.7. The average molecular weight is 315 g/mol. The molecule has 0 fully saturated rings. The highest BCUT2D eigenvalue weighted by Crippen LogP contribution is 2.27. The molecule has 0 heterocycles. The lowest BCUT2D eigenvalue weighted by atomic mass is 10.2. The van der Waals surface area contributed by atoms with Crippen LogP contribution in [0.2, 0.25) is 0 Å². The van der Waals surface area contributed by atoms with Gasteiger partial charge < -0.3 is 15.2 Å². The van der Waals surface area contributed by atoms with Gasteiger partial charge in [0.2, 0.25) is 5.91 Å². The maximum Gasteiger partial charge on any atom is 0.334 e. The normalized spacial score (nSPS) is 15.8. The SMILES string of the molecule is COC(=O)C1=C(CSC[C@H](NC(C)=O)C(=O)O)C(=O)CC1. The molecule has 0 unspecified atom stereocenters. The topological polar surface area (TPSA) is 110 Å². The molecule has 2 N–H and O–H groups in total. The third-order valence-electron chi connectivity index (χ3n) is 2.94. The largest absolute Gasteiger partial charge is 0.480 e. The van der Waals surface area contributed by atoms with E-state index in [0.717, 1.165) is 0 Å². The van der Waals surface area contributed by atoms with Gasteiger partial charge in [-0.2, -0.15) is 11.8 Å². The van der Waals surface area contributed by atoms with E-state index in [1.54, 1.807) is 0 Å². The van der Waals surface area contributed by atoms with Crippen molar-refractivity contribution in [3.63, 3.8) is 0 Å². The molecule has 0 aromatic carbocycles. The number of carbonyl (C=O) groups excluding carboxylic acids is 3. The van der Waals surface area contributed by atoms with Crippen LogP contribution in [-0.4, -0.2) is 53.4 Å². The van der Waals surface area contributed by atoms with Gasteiger partial charge in [-0.15, -0.1) is 0 Å². The summed E-state index contributed by atoms with van der Waals surface area (Å²) in [6.07, 6.45) is 0.629. The van der Waals surface area contributed by atoms with E-state index in [2.05, 4.69) is 10.1 Å². The lowest BCUT2D eigenvalue weighted by Gasteiger charge is -2.13. The lowest BCUT2D eigenvalue weighted by molar-refractivity contribution is -0.140. The molecule has 1 aliphatic carbocycles. The van der Waals surface area contributed by atoms with Gasteiger partial charge in [0.1, 0.15) is 6.04 Å². The zero-order valence-electron chi connectivity index (χ0n) is 11.8. The first-order valence-electron chi connectivity index (χ1n) is 6.28. The number of hydrogen-bond donors (Lipinski definition) is 2. The van der Waals surface area contributed by atoms with E-state index >= 15 is 0 Å². The second kappa shape index (κ2) is 7.82. The summed E-state index contributed by atoms with van der Waals surface area (Å²) in [4.78, 5) is 45.1. The Hall–Kier alpha value is -1.83. The van der Waals surface area contributed by atoms with E-state index in [9.17, 15) is 19.2 Å². The van der Waals surface area contributed by atoms with Gasteiger partial charge in [0.15, 0.2) is 5.78 Å². The van der Waals surface area contributed by atoms with Gasteiger partial charge in [0, 0.05) is 36.0 Å². The first kappa shape index (κ1) is 17.2. The van der Waals surface area contributed by atoms with Crippen LogP contribution in [0.25, 0.3) is 0 Å². The zero-order chi connectivity index (χ0) is 16.0. The number of ketones is 1. The van der Waals surface area contributed by atoms with Gasteiger partial charge in [-0.05, 0) is 6.42 Å². The quantitative estimate of drug-likeness (QED) is 0.643. The second-order valence-electron chi connectivity index (χ2n) is 4.48. The van der Waals surface area contributed by atoms with Crippen molar-refractivity contribution in [3.8, 4) is 0 Å². The first-order chi connectivity index (χ1) is 9.86. The molecule has 116 valence electrons. The number of methoxy groups -OCH3 is 1. The average Bonchev–Trinajstić information content (AvgIpc) is 2.77. The predicted octanol–water partition coefficient (Wildman–Crippen LogP) is 0.141. The van der Waals surface area contributed by atoms with Crippen LogP contribution in [0.5, 0.6) is 0 Å². The predicted molar refractivity (Wildman–Crippen MR) is 75.8 cm³/mol. The Labute approximate surface area is 126 Å². The molecule has 0 aromatic heterocycles. The van der Waals surface area contributed by atoms with Crippen LogP contribution in [0.3, 0.4) is 0 Å².